The van der Waals surface area contributed by atoms with E-state index in [-0.39, 0.29) is 0 Å². The SMILES string of the molecule is c1ccc(-c2ccc3[nH]c4c(-c5ccccc5)n5ccccc5c4c3c2)cc1. The van der Waals surface area contributed by atoms with E-state index < -0.39 is 0 Å². The van der Waals surface area contributed by atoms with Gasteiger partial charge in [-0.05, 0) is 35.4 Å². The van der Waals surface area contributed by atoms with E-state index in [0.29, 0.717) is 0 Å². The maximum absolute atomic E-state index is 3.69. The fourth-order valence-corrected chi connectivity index (χ4v) is 4.29. The summed E-state index contributed by atoms with van der Waals surface area (Å²) in [6, 6.07) is 34.3. The zero-order chi connectivity index (χ0) is 18.5. The second-order valence-electron chi connectivity index (χ2n) is 7.17. The Morgan fingerprint density at radius 2 is 1.32 bits per heavy atom. The Morgan fingerprint density at radius 1 is 0.607 bits per heavy atom. The summed E-state index contributed by atoms with van der Waals surface area (Å²) in [5, 5.41) is 2.55. The number of aromatic amines is 1. The Balaban J connectivity index is 1.74. The molecular formula is C26H18N2. The summed E-state index contributed by atoms with van der Waals surface area (Å²) in [5.41, 5.74) is 8.51. The van der Waals surface area contributed by atoms with Gasteiger partial charge in [0.15, 0.2) is 0 Å². The molecule has 0 atom stereocenters. The Kier molecular flexibility index (Phi) is 3.20. The van der Waals surface area contributed by atoms with Gasteiger partial charge in [-0.2, -0.15) is 0 Å². The minimum absolute atomic E-state index is 1.17. The Labute approximate surface area is 162 Å². The molecule has 6 rings (SSSR count). The lowest BCUT2D eigenvalue weighted by atomic mass is 10.0. The monoisotopic (exact) mass is 358 g/mol. The molecule has 0 aliphatic carbocycles. The van der Waals surface area contributed by atoms with Crippen LogP contribution < -0.4 is 0 Å². The zero-order valence-electron chi connectivity index (χ0n) is 15.3. The fourth-order valence-electron chi connectivity index (χ4n) is 4.29. The number of H-pyrrole nitrogens is 1. The van der Waals surface area contributed by atoms with Gasteiger partial charge in [0, 0.05) is 28.0 Å². The van der Waals surface area contributed by atoms with Gasteiger partial charge < -0.3 is 9.38 Å². The van der Waals surface area contributed by atoms with Crippen molar-refractivity contribution in [1.29, 1.82) is 0 Å². The van der Waals surface area contributed by atoms with Crippen LogP contribution in [0.15, 0.2) is 103 Å². The first-order chi connectivity index (χ1) is 13.9. The highest BCUT2D eigenvalue weighted by molar-refractivity contribution is 6.20. The molecule has 0 fully saturated rings. The van der Waals surface area contributed by atoms with Crippen molar-refractivity contribution in [1.82, 2.24) is 9.38 Å². The Bertz CT molecular complexity index is 1440. The molecule has 3 heterocycles. The van der Waals surface area contributed by atoms with Crippen LogP contribution in [0.5, 0.6) is 0 Å². The van der Waals surface area contributed by atoms with E-state index in [0.717, 1.165) is 0 Å². The van der Waals surface area contributed by atoms with Crippen molar-refractivity contribution < 1.29 is 0 Å². The summed E-state index contributed by atoms with van der Waals surface area (Å²) in [7, 11) is 0. The smallest absolute Gasteiger partial charge is 0.0772 e. The van der Waals surface area contributed by atoms with Crippen molar-refractivity contribution in [2.75, 3.05) is 0 Å². The molecule has 0 aliphatic rings. The Morgan fingerprint density at radius 3 is 2.11 bits per heavy atom. The van der Waals surface area contributed by atoms with Gasteiger partial charge >= 0.3 is 0 Å². The van der Waals surface area contributed by atoms with Crippen LogP contribution in [0.25, 0.3) is 49.7 Å². The molecule has 0 unspecified atom stereocenters. The topological polar surface area (TPSA) is 20.2 Å². The first kappa shape index (κ1) is 15.3. The predicted molar refractivity (Wildman–Crippen MR) is 118 cm³/mol. The van der Waals surface area contributed by atoms with Crippen molar-refractivity contribution in [3.05, 3.63) is 103 Å². The van der Waals surface area contributed by atoms with Gasteiger partial charge in [0.05, 0.1) is 16.7 Å². The third-order valence-corrected chi connectivity index (χ3v) is 5.55. The molecule has 132 valence electrons. The van der Waals surface area contributed by atoms with Gasteiger partial charge in [-0.15, -0.1) is 0 Å². The molecule has 0 amide bonds. The van der Waals surface area contributed by atoms with Gasteiger partial charge in [-0.1, -0.05) is 72.8 Å². The average molecular weight is 358 g/mol. The van der Waals surface area contributed by atoms with E-state index in [9.17, 15) is 0 Å². The number of hydrogen-bond donors (Lipinski definition) is 1. The predicted octanol–water partition coefficient (Wildman–Crippen LogP) is 6.91. The Hall–Kier alpha value is -3.78. The van der Waals surface area contributed by atoms with Crippen molar-refractivity contribution in [2.45, 2.75) is 0 Å². The van der Waals surface area contributed by atoms with E-state index in [1.54, 1.807) is 0 Å². The van der Waals surface area contributed by atoms with Gasteiger partial charge in [-0.3, -0.25) is 0 Å². The van der Waals surface area contributed by atoms with E-state index >= 15 is 0 Å². The summed E-state index contributed by atoms with van der Waals surface area (Å²) >= 11 is 0. The van der Waals surface area contributed by atoms with E-state index in [1.165, 1.54) is 49.7 Å². The summed E-state index contributed by atoms with van der Waals surface area (Å²) in [6.45, 7) is 0. The summed E-state index contributed by atoms with van der Waals surface area (Å²) < 4.78 is 2.30. The quantitative estimate of drug-likeness (QED) is 0.347. The van der Waals surface area contributed by atoms with Crippen LogP contribution in [-0.2, 0) is 0 Å². The van der Waals surface area contributed by atoms with Gasteiger partial charge in [-0.25, -0.2) is 0 Å². The van der Waals surface area contributed by atoms with Crippen LogP contribution in [0.4, 0.5) is 0 Å². The molecule has 0 saturated heterocycles. The third kappa shape index (κ3) is 2.15. The molecule has 2 nitrogen and oxygen atoms in total. The van der Waals surface area contributed by atoms with E-state index in [4.69, 9.17) is 0 Å². The molecule has 6 aromatic rings. The fraction of sp³-hybridized carbons (Fsp3) is 0. The lowest BCUT2D eigenvalue weighted by Crippen LogP contribution is -1.88. The number of pyridine rings is 1. The van der Waals surface area contributed by atoms with Gasteiger partial charge in [0.25, 0.3) is 0 Å². The number of benzene rings is 3. The average Bonchev–Trinajstić information content (AvgIpc) is 3.29. The largest absolute Gasteiger partial charge is 0.353 e. The third-order valence-electron chi connectivity index (χ3n) is 5.55. The standard InChI is InChI=1S/C26H18N2/c1-3-9-18(10-4-1)20-14-15-22-21(17-20)24-23-13-7-8-16-28(23)26(25(24)27-22)19-11-5-2-6-12-19/h1-17,27H. The number of rotatable bonds is 2. The second-order valence-corrected chi connectivity index (χ2v) is 7.17. The van der Waals surface area contributed by atoms with Crippen LogP contribution in [-0.4, -0.2) is 9.38 Å². The van der Waals surface area contributed by atoms with E-state index in [2.05, 4.69) is 113 Å². The van der Waals surface area contributed by atoms with Crippen LogP contribution in [0.3, 0.4) is 0 Å². The molecule has 2 heteroatoms. The second kappa shape index (κ2) is 5.86. The molecule has 3 aromatic heterocycles. The highest BCUT2D eigenvalue weighted by Gasteiger charge is 2.18. The maximum Gasteiger partial charge on any atom is 0.0772 e. The molecular weight excluding hydrogens is 340 g/mol. The van der Waals surface area contributed by atoms with Crippen molar-refractivity contribution in [3.63, 3.8) is 0 Å². The number of nitrogens with zero attached hydrogens (tertiary/aromatic N) is 1. The maximum atomic E-state index is 3.69. The molecule has 0 radical (unpaired) electrons. The van der Waals surface area contributed by atoms with Crippen LogP contribution in [0.2, 0.25) is 0 Å². The zero-order valence-corrected chi connectivity index (χ0v) is 15.3. The van der Waals surface area contributed by atoms with Crippen molar-refractivity contribution in [2.24, 2.45) is 0 Å². The molecule has 0 bridgehead atoms. The lowest BCUT2D eigenvalue weighted by Gasteiger charge is -2.04. The minimum atomic E-state index is 1.17. The van der Waals surface area contributed by atoms with Gasteiger partial charge in [0.1, 0.15) is 0 Å². The van der Waals surface area contributed by atoms with Crippen LogP contribution in [0, 0.1) is 0 Å². The first-order valence-corrected chi connectivity index (χ1v) is 9.55. The van der Waals surface area contributed by atoms with Crippen molar-refractivity contribution >= 4 is 27.3 Å². The van der Waals surface area contributed by atoms with E-state index in [1.807, 2.05) is 0 Å². The molecule has 3 aromatic carbocycles. The minimum Gasteiger partial charge on any atom is -0.353 e. The molecule has 28 heavy (non-hydrogen) atoms. The summed E-state index contributed by atoms with van der Waals surface area (Å²) in [5.74, 6) is 0. The number of fused-ring (bicyclic) bond motifs is 5. The molecule has 1 N–H and O–H groups in total. The molecule has 0 saturated carbocycles. The molecule has 0 spiro atoms. The summed E-state index contributed by atoms with van der Waals surface area (Å²) in [4.78, 5) is 3.69. The van der Waals surface area contributed by atoms with Crippen LogP contribution in [0.1, 0.15) is 0 Å². The normalized spacial score (nSPS) is 11.6. The first-order valence-electron chi connectivity index (χ1n) is 9.55. The van der Waals surface area contributed by atoms with Crippen molar-refractivity contribution in [3.8, 4) is 22.4 Å². The summed E-state index contributed by atoms with van der Waals surface area (Å²) in [6.07, 6.45) is 2.15. The lowest BCUT2D eigenvalue weighted by molar-refractivity contribution is 1.21. The van der Waals surface area contributed by atoms with Gasteiger partial charge in [0.2, 0.25) is 0 Å². The highest BCUT2D eigenvalue weighted by Crippen LogP contribution is 2.39. The molecule has 0 aliphatic heterocycles. The van der Waals surface area contributed by atoms with Crippen LogP contribution >= 0.6 is 0 Å². The number of aromatic nitrogens is 2. The number of nitrogens with one attached hydrogen (secondary N) is 1. The number of hydrogen-bond acceptors (Lipinski definition) is 0. The highest BCUT2D eigenvalue weighted by atomic mass is 14.9.